The van der Waals surface area contributed by atoms with Crippen LogP contribution in [0.25, 0.3) is 0 Å². The number of rotatable bonds is 9. The van der Waals surface area contributed by atoms with E-state index in [0.29, 0.717) is 11.3 Å². The molecule has 0 saturated heterocycles. The van der Waals surface area contributed by atoms with Crippen LogP contribution in [-0.2, 0) is 30.4 Å². The second kappa shape index (κ2) is 11.8. The van der Waals surface area contributed by atoms with Crippen molar-refractivity contribution in [3.05, 3.63) is 69.6 Å². The lowest BCUT2D eigenvalue weighted by Gasteiger charge is -2.23. The average molecular weight is 456 g/mol. The lowest BCUT2D eigenvalue weighted by molar-refractivity contribution is -0.145. The van der Waals surface area contributed by atoms with Crippen molar-refractivity contribution in [1.82, 2.24) is 9.88 Å². The Labute approximate surface area is 191 Å². The third-order valence-electron chi connectivity index (χ3n) is 4.54. The summed E-state index contributed by atoms with van der Waals surface area (Å²) < 4.78 is 12.0. The van der Waals surface area contributed by atoms with E-state index in [1.165, 1.54) is 30.7 Å². The standard InChI is InChI=1S/C24H28N2O7/c1-15(2)12-22(30)25-24(31)19-14-26(10-11-32-16(3)27)20(13-21(19)29)23(33-17(4)28)18-8-6-5-7-9-18/h5-9,13-15,23H,10-12H2,1-4H3,(H,25,30,31). The molecule has 176 valence electrons. The quantitative estimate of drug-likeness (QED) is 0.575. The van der Waals surface area contributed by atoms with Gasteiger partial charge < -0.3 is 14.0 Å². The van der Waals surface area contributed by atoms with E-state index in [2.05, 4.69) is 5.32 Å². The maximum absolute atomic E-state index is 12.8. The first-order valence-electron chi connectivity index (χ1n) is 10.5. The number of nitrogens with one attached hydrogen (secondary N) is 1. The predicted octanol–water partition coefficient (Wildman–Crippen LogP) is 2.37. The van der Waals surface area contributed by atoms with Gasteiger partial charge in [-0.05, 0) is 11.5 Å². The fraction of sp³-hybridized carbons (Fsp3) is 0.375. The summed E-state index contributed by atoms with van der Waals surface area (Å²) in [4.78, 5) is 60.5. The molecule has 0 spiro atoms. The molecule has 1 aromatic carbocycles. The first-order valence-corrected chi connectivity index (χ1v) is 10.5. The maximum Gasteiger partial charge on any atom is 0.303 e. The zero-order valence-electron chi connectivity index (χ0n) is 19.1. The van der Waals surface area contributed by atoms with Crippen LogP contribution in [0.1, 0.15) is 61.8 Å². The van der Waals surface area contributed by atoms with E-state index in [1.807, 2.05) is 13.8 Å². The summed E-state index contributed by atoms with van der Waals surface area (Å²) in [7, 11) is 0. The normalized spacial score (nSPS) is 11.5. The summed E-state index contributed by atoms with van der Waals surface area (Å²) in [5.41, 5.74) is 0.00115. The smallest absolute Gasteiger partial charge is 0.303 e. The number of ether oxygens (including phenoxy) is 2. The predicted molar refractivity (Wildman–Crippen MR) is 119 cm³/mol. The van der Waals surface area contributed by atoms with Crippen LogP contribution in [0.2, 0.25) is 0 Å². The van der Waals surface area contributed by atoms with Crippen molar-refractivity contribution in [2.45, 2.75) is 46.8 Å². The summed E-state index contributed by atoms with van der Waals surface area (Å²) in [5, 5.41) is 2.22. The van der Waals surface area contributed by atoms with Crippen molar-refractivity contribution in [2.75, 3.05) is 6.61 Å². The van der Waals surface area contributed by atoms with Crippen LogP contribution in [0, 0.1) is 5.92 Å². The van der Waals surface area contributed by atoms with Gasteiger partial charge in [-0.15, -0.1) is 0 Å². The highest BCUT2D eigenvalue weighted by Gasteiger charge is 2.24. The van der Waals surface area contributed by atoms with Gasteiger partial charge in [0, 0.05) is 32.5 Å². The maximum atomic E-state index is 12.8. The number of hydrogen-bond acceptors (Lipinski definition) is 7. The second-order valence-corrected chi connectivity index (χ2v) is 7.89. The van der Waals surface area contributed by atoms with Crippen LogP contribution in [0.4, 0.5) is 0 Å². The van der Waals surface area contributed by atoms with Gasteiger partial charge in [-0.25, -0.2) is 0 Å². The Bertz CT molecular complexity index is 1070. The SMILES string of the molecule is CC(=O)OCCn1cc(C(=O)NC(=O)CC(C)C)c(=O)cc1C(OC(C)=O)c1ccccc1. The molecule has 2 aromatic rings. The number of pyridine rings is 1. The summed E-state index contributed by atoms with van der Waals surface area (Å²) in [6.45, 7) is 6.22. The molecule has 0 saturated carbocycles. The second-order valence-electron chi connectivity index (χ2n) is 7.89. The summed E-state index contributed by atoms with van der Waals surface area (Å²) in [5.74, 6) is -2.34. The van der Waals surface area contributed by atoms with Gasteiger partial charge in [0.2, 0.25) is 5.91 Å². The van der Waals surface area contributed by atoms with E-state index in [0.717, 1.165) is 0 Å². The van der Waals surface area contributed by atoms with Gasteiger partial charge in [0.15, 0.2) is 11.5 Å². The Morgan fingerprint density at radius 3 is 2.27 bits per heavy atom. The molecular formula is C24H28N2O7. The largest absolute Gasteiger partial charge is 0.464 e. The van der Waals surface area contributed by atoms with Crippen LogP contribution >= 0.6 is 0 Å². The number of amides is 2. The van der Waals surface area contributed by atoms with Crippen LogP contribution in [0.15, 0.2) is 47.4 Å². The molecule has 9 nitrogen and oxygen atoms in total. The minimum Gasteiger partial charge on any atom is -0.464 e. The van der Waals surface area contributed by atoms with Gasteiger partial charge in [-0.2, -0.15) is 0 Å². The molecule has 0 fully saturated rings. The van der Waals surface area contributed by atoms with Gasteiger partial charge in [-0.1, -0.05) is 44.2 Å². The molecule has 2 rings (SSSR count). The molecule has 0 aliphatic rings. The van der Waals surface area contributed by atoms with Crippen LogP contribution in [0.5, 0.6) is 0 Å². The summed E-state index contributed by atoms with van der Waals surface area (Å²) in [6.07, 6.45) is 0.472. The Hall–Kier alpha value is -3.75. The molecule has 0 radical (unpaired) electrons. The van der Waals surface area contributed by atoms with Gasteiger partial charge >= 0.3 is 11.9 Å². The number of esters is 2. The van der Waals surface area contributed by atoms with Crippen molar-refractivity contribution < 1.29 is 28.7 Å². The molecule has 1 heterocycles. The number of nitrogens with zero attached hydrogens (tertiary/aromatic N) is 1. The number of carbonyl (C=O) groups is 4. The monoisotopic (exact) mass is 456 g/mol. The van der Waals surface area contributed by atoms with Gasteiger partial charge in [-0.3, -0.25) is 29.3 Å². The van der Waals surface area contributed by atoms with Gasteiger partial charge in [0.25, 0.3) is 5.91 Å². The number of carbonyl (C=O) groups excluding carboxylic acids is 4. The van der Waals surface area contributed by atoms with Crippen LogP contribution < -0.4 is 10.7 Å². The zero-order valence-corrected chi connectivity index (χ0v) is 19.1. The molecule has 33 heavy (non-hydrogen) atoms. The Kier molecular flexibility index (Phi) is 9.08. The van der Waals surface area contributed by atoms with Crippen molar-refractivity contribution in [3.8, 4) is 0 Å². The minimum absolute atomic E-state index is 0.0379. The number of imide groups is 1. The third-order valence-corrected chi connectivity index (χ3v) is 4.54. The Balaban J connectivity index is 2.51. The van der Waals surface area contributed by atoms with Gasteiger partial charge in [0.05, 0.1) is 12.2 Å². The highest BCUT2D eigenvalue weighted by molar-refractivity contribution is 6.04. The minimum atomic E-state index is -0.937. The fourth-order valence-corrected chi connectivity index (χ4v) is 3.18. The van der Waals surface area contributed by atoms with E-state index < -0.39 is 35.3 Å². The van der Waals surface area contributed by atoms with Crippen LogP contribution in [0.3, 0.4) is 0 Å². The van der Waals surface area contributed by atoms with Crippen molar-refractivity contribution in [3.63, 3.8) is 0 Å². The molecule has 9 heteroatoms. The summed E-state index contributed by atoms with van der Waals surface area (Å²) in [6, 6.07) is 9.98. The summed E-state index contributed by atoms with van der Waals surface area (Å²) >= 11 is 0. The Morgan fingerprint density at radius 2 is 1.70 bits per heavy atom. The first-order chi connectivity index (χ1) is 15.6. The highest BCUT2D eigenvalue weighted by Crippen LogP contribution is 2.26. The third kappa shape index (κ3) is 7.71. The molecule has 1 N–H and O–H groups in total. The lowest BCUT2D eigenvalue weighted by atomic mass is 10.0. The molecular weight excluding hydrogens is 428 g/mol. The zero-order chi connectivity index (χ0) is 24.5. The van der Waals surface area contributed by atoms with E-state index in [9.17, 15) is 24.0 Å². The molecule has 1 unspecified atom stereocenters. The molecule has 1 aromatic heterocycles. The van der Waals surface area contributed by atoms with E-state index >= 15 is 0 Å². The molecule has 2 amide bonds. The van der Waals surface area contributed by atoms with E-state index in [-0.39, 0.29) is 31.1 Å². The van der Waals surface area contributed by atoms with Gasteiger partial charge in [0.1, 0.15) is 12.2 Å². The topological polar surface area (TPSA) is 121 Å². The number of benzene rings is 1. The van der Waals surface area contributed by atoms with Crippen molar-refractivity contribution in [2.24, 2.45) is 5.92 Å². The first kappa shape index (κ1) is 25.5. The number of aromatic nitrogens is 1. The molecule has 0 aliphatic heterocycles. The highest BCUT2D eigenvalue weighted by atomic mass is 16.5. The molecule has 1 atom stereocenters. The van der Waals surface area contributed by atoms with E-state index in [1.54, 1.807) is 30.3 Å². The average Bonchev–Trinajstić information content (AvgIpc) is 2.72. The van der Waals surface area contributed by atoms with Crippen molar-refractivity contribution in [1.29, 1.82) is 0 Å². The van der Waals surface area contributed by atoms with Crippen molar-refractivity contribution >= 4 is 23.8 Å². The Morgan fingerprint density at radius 1 is 1.03 bits per heavy atom. The van der Waals surface area contributed by atoms with Crippen LogP contribution in [-0.4, -0.2) is 34.9 Å². The molecule has 0 bridgehead atoms. The molecule has 0 aliphatic carbocycles. The fourth-order valence-electron chi connectivity index (χ4n) is 3.18. The van der Waals surface area contributed by atoms with E-state index in [4.69, 9.17) is 9.47 Å². The number of hydrogen-bond donors (Lipinski definition) is 1. The lowest BCUT2D eigenvalue weighted by Crippen LogP contribution is -2.35.